The van der Waals surface area contributed by atoms with Gasteiger partial charge in [0.1, 0.15) is 0 Å². The van der Waals surface area contributed by atoms with E-state index in [0.29, 0.717) is 5.92 Å². The second-order valence-electron chi connectivity index (χ2n) is 4.90. The molecule has 1 aliphatic heterocycles. The zero-order valence-corrected chi connectivity index (χ0v) is 11.5. The lowest BCUT2D eigenvalue weighted by Gasteiger charge is -2.36. The summed E-state index contributed by atoms with van der Waals surface area (Å²) in [7, 11) is 0. The predicted octanol–water partition coefficient (Wildman–Crippen LogP) is 0.914. The lowest BCUT2D eigenvalue weighted by molar-refractivity contribution is -0.136. The molecule has 2 N–H and O–H groups in total. The Bertz CT molecular complexity index is 233. The molecule has 1 amide bonds. The molecule has 0 bridgehead atoms. The number of hydrogen-bond acceptors (Lipinski definition) is 3. The van der Waals surface area contributed by atoms with Crippen LogP contribution in [0.25, 0.3) is 0 Å². The van der Waals surface area contributed by atoms with E-state index in [1.165, 1.54) is 0 Å². The van der Waals surface area contributed by atoms with E-state index in [1.54, 1.807) is 0 Å². The summed E-state index contributed by atoms with van der Waals surface area (Å²) >= 11 is 0. The maximum Gasteiger partial charge on any atom is 0.239 e. The molecule has 0 aromatic carbocycles. The first-order valence-electron chi connectivity index (χ1n) is 6.86. The maximum atomic E-state index is 12.2. The zero-order valence-electron chi connectivity index (χ0n) is 11.5. The molecule has 0 aromatic rings. The van der Waals surface area contributed by atoms with Crippen molar-refractivity contribution in [2.24, 2.45) is 11.7 Å². The van der Waals surface area contributed by atoms with Crippen LogP contribution in [0.2, 0.25) is 0 Å². The topological polar surface area (TPSA) is 49.6 Å². The molecule has 1 atom stereocenters. The van der Waals surface area contributed by atoms with Gasteiger partial charge in [0.25, 0.3) is 0 Å². The Morgan fingerprint density at radius 2 is 1.88 bits per heavy atom. The van der Waals surface area contributed by atoms with Crippen molar-refractivity contribution in [2.75, 3.05) is 32.7 Å². The van der Waals surface area contributed by atoms with E-state index in [2.05, 4.69) is 4.90 Å². The molecule has 1 rings (SSSR count). The zero-order chi connectivity index (χ0) is 12.8. The van der Waals surface area contributed by atoms with Crippen LogP contribution in [0.4, 0.5) is 0 Å². The number of piperidine rings is 1. The number of nitrogens with zero attached hydrogens (tertiary/aromatic N) is 2. The van der Waals surface area contributed by atoms with Gasteiger partial charge in [-0.1, -0.05) is 0 Å². The largest absolute Gasteiger partial charge is 0.342 e. The number of nitrogens with two attached hydrogens (primary N) is 1. The highest BCUT2D eigenvalue weighted by Gasteiger charge is 2.27. The van der Waals surface area contributed by atoms with Crippen molar-refractivity contribution in [3.05, 3.63) is 0 Å². The van der Waals surface area contributed by atoms with Gasteiger partial charge < -0.3 is 10.6 Å². The Hall–Kier alpha value is -0.610. The Balaban J connectivity index is 2.47. The van der Waals surface area contributed by atoms with Gasteiger partial charge in [-0.15, -0.1) is 0 Å². The average molecular weight is 241 g/mol. The molecular weight excluding hydrogens is 214 g/mol. The van der Waals surface area contributed by atoms with E-state index in [0.717, 1.165) is 45.6 Å². The first kappa shape index (κ1) is 14.5. The normalized spacial score (nSPS) is 20.2. The predicted molar refractivity (Wildman–Crippen MR) is 70.7 cm³/mol. The average Bonchev–Trinajstić information content (AvgIpc) is 2.39. The van der Waals surface area contributed by atoms with Crippen LogP contribution in [0.5, 0.6) is 0 Å². The van der Waals surface area contributed by atoms with Crippen molar-refractivity contribution in [3.63, 3.8) is 0 Å². The van der Waals surface area contributed by atoms with E-state index in [4.69, 9.17) is 5.73 Å². The summed E-state index contributed by atoms with van der Waals surface area (Å²) in [5, 5.41) is 0. The number of carbonyl (C=O) groups is 1. The molecule has 4 heteroatoms. The molecule has 1 unspecified atom stereocenters. The Kier molecular flexibility index (Phi) is 5.92. The van der Waals surface area contributed by atoms with Crippen LogP contribution >= 0.6 is 0 Å². The Labute approximate surface area is 105 Å². The van der Waals surface area contributed by atoms with Gasteiger partial charge in [0.15, 0.2) is 0 Å². The molecule has 100 valence electrons. The molecule has 1 aliphatic rings. The van der Waals surface area contributed by atoms with Crippen LogP contribution in [0.1, 0.15) is 33.6 Å². The van der Waals surface area contributed by atoms with E-state index in [9.17, 15) is 4.79 Å². The number of likely N-dealkylation sites (tertiary alicyclic amines) is 1. The highest BCUT2D eigenvalue weighted by atomic mass is 16.2. The molecule has 1 heterocycles. The molecular formula is C13H27N3O. The van der Waals surface area contributed by atoms with Gasteiger partial charge >= 0.3 is 0 Å². The molecule has 17 heavy (non-hydrogen) atoms. The van der Waals surface area contributed by atoms with Crippen molar-refractivity contribution < 1.29 is 4.79 Å². The lowest BCUT2D eigenvalue weighted by Crippen LogP contribution is -2.50. The number of likely N-dealkylation sites (N-methyl/N-ethyl adjacent to an activating group) is 1. The monoisotopic (exact) mass is 241 g/mol. The fourth-order valence-corrected chi connectivity index (χ4v) is 2.53. The number of amides is 1. The fraction of sp³-hybridized carbons (Fsp3) is 0.923. The molecule has 1 saturated heterocycles. The number of rotatable bonds is 5. The van der Waals surface area contributed by atoms with Gasteiger partial charge in [-0.25, -0.2) is 0 Å². The molecule has 0 radical (unpaired) electrons. The molecule has 1 fully saturated rings. The smallest absolute Gasteiger partial charge is 0.239 e. The van der Waals surface area contributed by atoms with Crippen molar-refractivity contribution in [3.8, 4) is 0 Å². The highest BCUT2D eigenvalue weighted by molar-refractivity contribution is 5.81. The molecule has 0 spiro atoms. The lowest BCUT2D eigenvalue weighted by atomic mass is 9.96. The van der Waals surface area contributed by atoms with Crippen molar-refractivity contribution >= 4 is 5.91 Å². The van der Waals surface area contributed by atoms with Gasteiger partial charge in [0, 0.05) is 13.1 Å². The standard InChI is InChI=1S/C13H27N3O/c1-4-15(5-2)13(17)11(3)16-8-6-12(10-14)7-9-16/h11-12H,4-10,14H2,1-3H3. The second kappa shape index (κ2) is 6.97. The third-order valence-corrected chi connectivity index (χ3v) is 3.96. The van der Waals surface area contributed by atoms with Gasteiger partial charge in [-0.3, -0.25) is 9.69 Å². The summed E-state index contributed by atoms with van der Waals surface area (Å²) in [4.78, 5) is 16.4. The third kappa shape index (κ3) is 3.68. The van der Waals surface area contributed by atoms with Gasteiger partial charge in [-0.05, 0) is 59.2 Å². The van der Waals surface area contributed by atoms with Crippen LogP contribution in [0.3, 0.4) is 0 Å². The molecule has 0 aromatic heterocycles. The van der Waals surface area contributed by atoms with Crippen LogP contribution in [-0.2, 0) is 4.79 Å². The molecule has 0 saturated carbocycles. The fourth-order valence-electron chi connectivity index (χ4n) is 2.53. The Morgan fingerprint density at radius 1 is 1.35 bits per heavy atom. The van der Waals surface area contributed by atoms with Gasteiger partial charge in [0.2, 0.25) is 5.91 Å². The quantitative estimate of drug-likeness (QED) is 0.778. The summed E-state index contributed by atoms with van der Waals surface area (Å²) in [5.41, 5.74) is 5.68. The third-order valence-electron chi connectivity index (χ3n) is 3.96. The second-order valence-corrected chi connectivity index (χ2v) is 4.90. The van der Waals surface area contributed by atoms with E-state index in [1.807, 2.05) is 25.7 Å². The summed E-state index contributed by atoms with van der Waals surface area (Å²) in [6, 6.07) is 0.0219. The minimum atomic E-state index is 0.0219. The van der Waals surface area contributed by atoms with Crippen molar-refractivity contribution in [1.29, 1.82) is 0 Å². The summed E-state index contributed by atoms with van der Waals surface area (Å²) < 4.78 is 0. The SMILES string of the molecule is CCN(CC)C(=O)C(C)N1CCC(CN)CC1. The van der Waals surface area contributed by atoms with Crippen LogP contribution < -0.4 is 5.73 Å². The van der Waals surface area contributed by atoms with Crippen molar-refractivity contribution in [1.82, 2.24) is 9.80 Å². The highest BCUT2D eigenvalue weighted by Crippen LogP contribution is 2.18. The van der Waals surface area contributed by atoms with Gasteiger partial charge in [0.05, 0.1) is 6.04 Å². The van der Waals surface area contributed by atoms with Crippen LogP contribution in [0, 0.1) is 5.92 Å². The van der Waals surface area contributed by atoms with Crippen molar-refractivity contribution in [2.45, 2.75) is 39.7 Å². The van der Waals surface area contributed by atoms with Crippen LogP contribution in [0.15, 0.2) is 0 Å². The number of carbonyl (C=O) groups excluding carboxylic acids is 1. The summed E-state index contributed by atoms with van der Waals surface area (Å²) in [5.74, 6) is 0.920. The van der Waals surface area contributed by atoms with E-state index < -0.39 is 0 Å². The van der Waals surface area contributed by atoms with Crippen LogP contribution in [-0.4, -0.2) is 54.5 Å². The summed E-state index contributed by atoms with van der Waals surface area (Å²) in [6.45, 7) is 10.5. The Morgan fingerprint density at radius 3 is 2.29 bits per heavy atom. The first-order valence-corrected chi connectivity index (χ1v) is 6.86. The van der Waals surface area contributed by atoms with E-state index >= 15 is 0 Å². The maximum absolute atomic E-state index is 12.2. The minimum absolute atomic E-state index is 0.0219. The summed E-state index contributed by atoms with van der Waals surface area (Å²) in [6.07, 6.45) is 2.26. The molecule has 4 nitrogen and oxygen atoms in total. The number of hydrogen-bond donors (Lipinski definition) is 1. The minimum Gasteiger partial charge on any atom is -0.342 e. The first-order chi connectivity index (χ1) is 8.13. The van der Waals surface area contributed by atoms with Gasteiger partial charge in [-0.2, -0.15) is 0 Å². The van der Waals surface area contributed by atoms with E-state index in [-0.39, 0.29) is 11.9 Å². The molecule has 0 aliphatic carbocycles.